The summed E-state index contributed by atoms with van der Waals surface area (Å²) >= 11 is 0. The van der Waals surface area contributed by atoms with Gasteiger partial charge >= 0.3 is 0 Å². The second-order valence-electron chi connectivity index (χ2n) is 4.42. The average molecular weight is 149 g/mol. The Morgan fingerprint density at radius 3 is 1.91 bits per heavy atom. The van der Waals surface area contributed by atoms with E-state index in [1.54, 1.807) is 0 Å². The molecule has 1 nitrogen and oxygen atoms in total. The van der Waals surface area contributed by atoms with Crippen LogP contribution in [0, 0.1) is 28.1 Å². The minimum Gasteiger partial charge on any atom is -0.197 e. The van der Waals surface area contributed by atoms with E-state index in [0.717, 1.165) is 5.57 Å². The van der Waals surface area contributed by atoms with Gasteiger partial charge in [-0.05, 0) is 5.41 Å². The molecule has 11 heavy (non-hydrogen) atoms. The molecular weight excluding hydrogens is 134 g/mol. The van der Waals surface area contributed by atoms with Gasteiger partial charge in [-0.15, -0.1) is 0 Å². The first-order chi connectivity index (χ1) is 4.88. The standard InChI is InChI=1S/C10H15N/c1-7-8(2)10(7,6-11)9(3,4)5/h8H,1H2,2-5H3/t8-,10+/m0/s1. The Balaban J connectivity index is 3.03. The maximum atomic E-state index is 9.02. The van der Waals surface area contributed by atoms with Gasteiger partial charge in [-0.25, -0.2) is 0 Å². The van der Waals surface area contributed by atoms with Gasteiger partial charge in [0.2, 0.25) is 0 Å². The predicted octanol–water partition coefficient (Wildman–Crippen LogP) is 2.75. The predicted molar refractivity (Wildman–Crippen MR) is 45.8 cm³/mol. The number of nitriles is 1. The highest BCUT2D eigenvalue weighted by atomic mass is 14.6. The molecule has 0 aromatic rings. The Kier molecular flexibility index (Phi) is 1.42. The van der Waals surface area contributed by atoms with Crippen LogP contribution in [0.15, 0.2) is 12.2 Å². The smallest absolute Gasteiger partial charge is 0.0894 e. The summed E-state index contributed by atoms with van der Waals surface area (Å²) in [6.45, 7) is 12.3. The van der Waals surface area contributed by atoms with Gasteiger partial charge in [-0.1, -0.05) is 39.8 Å². The van der Waals surface area contributed by atoms with Crippen molar-refractivity contribution in [2.45, 2.75) is 27.7 Å². The van der Waals surface area contributed by atoms with Crippen LogP contribution in [-0.4, -0.2) is 0 Å². The van der Waals surface area contributed by atoms with Gasteiger partial charge in [-0.2, -0.15) is 5.26 Å². The zero-order valence-corrected chi connectivity index (χ0v) is 7.73. The lowest BCUT2D eigenvalue weighted by atomic mass is 9.77. The van der Waals surface area contributed by atoms with Crippen LogP contribution in [0.1, 0.15) is 27.7 Å². The molecule has 0 bridgehead atoms. The maximum absolute atomic E-state index is 9.02. The highest BCUT2D eigenvalue weighted by molar-refractivity contribution is 5.45. The third kappa shape index (κ3) is 0.758. The van der Waals surface area contributed by atoms with E-state index in [0.29, 0.717) is 5.92 Å². The van der Waals surface area contributed by atoms with Crippen molar-refractivity contribution in [1.29, 1.82) is 5.26 Å². The van der Waals surface area contributed by atoms with Crippen molar-refractivity contribution in [2.75, 3.05) is 0 Å². The molecule has 0 aromatic heterocycles. The Bertz CT molecular complexity index is 239. The normalized spacial score (nSPS) is 36.6. The van der Waals surface area contributed by atoms with Crippen LogP contribution in [0.4, 0.5) is 0 Å². The SMILES string of the molecule is C=C1[C@H](C)[C@]1(C#N)C(C)(C)C. The zero-order chi connectivity index (χ0) is 8.86. The van der Waals surface area contributed by atoms with Crippen LogP contribution >= 0.6 is 0 Å². The van der Waals surface area contributed by atoms with E-state index < -0.39 is 0 Å². The van der Waals surface area contributed by atoms with Crippen LogP contribution in [0.5, 0.6) is 0 Å². The minimum atomic E-state index is -0.243. The number of nitrogens with zero attached hydrogens (tertiary/aromatic N) is 1. The lowest BCUT2D eigenvalue weighted by Gasteiger charge is -2.24. The average Bonchev–Trinajstić information content (AvgIpc) is 2.36. The fourth-order valence-electron chi connectivity index (χ4n) is 2.02. The molecule has 0 amide bonds. The molecule has 0 aromatic carbocycles. The minimum absolute atomic E-state index is 0.0399. The van der Waals surface area contributed by atoms with Gasteiger partial charge in [0.25, 0.3) is 0 Å². The van der Waals surface area contributed by atoms with E-state index in [1.165, 1.54) is 0 Å². The van der Waals surface area contributed by atoms with Crippen molar-refractivity contribution in [3.05, 3.63) is 12.2 Å². The highest BCUT2D eigenvalue weighted by Crippen LogP contribution is 2.66. The first-order valence-corrected chi connectivity index (χ1v) is 3.98. The van der Waals surface area contributed by atoms with Gasteiger partial charge in [0.05, 0.1) is 11.5 Å². The summed E-state index contributed by atoms with van der Waals surface area (Å²) in [7, 11) is 0. The summed E-state index contributed by atoms with van der Waals surface area (Å²) in [6.07, 6.45) is 0. The molecule has 1 heteroatoms. The Morgan fingerprint density at radius 1 is 1.55 bits per heavy atom. The molecule has 0 saturated heterocycles. The molecule has 0 radical (unpaired) electrons. The van der Waals surface area contributed by atoms with E-state index in [-0.39, 0.29) is 10.8 Å². The van der Waals surface area contributed by atoms with Crippen LogP contribution in [0.2, 0.25) is 0 Å². The number of rotatable bonds is 0. The third-order valence-electron chi connectivity index (χ3n) is 2.95. The summed E-state index contributed by atoms with van der Waals surface area (Å²) in [5.74, 6) is 0.382. The molecule has 1 aliphatic carbocycles. The van der Waals surface area contributed by atoms with Crippen LogP contribution in [0.3, 0.4) is 0 Å². The first kappa shape index (κ1) is 8.33. The van der Waals surface area contributed by atoms with Gasteiger partial charge in [-0.3, -0.25) is 0 Å². The van der Waals surface area contributed by atoms with Gasteiger partial charge < -0.3 is 0 Å². The lowest BCUT2D eigenvalue weighted by Crippen LogP contribution is -2.22. The molecule has 0 spiro atoms. The van der Waals surface area contributed by atoms with Gasteiger partial charge in [0.1, 0.15) is 0 Å². The van der Waals surface area contributed by atoms with Crippen LogP contribution in [-0.2, 0) is 0 Å². The summed E-state index contributed by atoms with van der Waals surface area (Å²) in [5.41, 5.74) is 0.901. The Hall–Kier alpha value is -0.770. The molecule has 1 aliphatic rings. The monoisotopic (exact) mass is 149 g/mol. The molecular formula is C10H15N. The van der Waals surface area contributed by atoms with Gasteiger partial charge in [0.15, 0.2) is 0 Å². The van der Waals surface area contributed by atoms with E-state index in [1.807, 2.05) is 0 Å². The van der Waals surface area contributed by atoms with Gasteiger partial charge in [0, 0.05) is 5.92 Å². The van der Waals surface area contributed by atoms with Crippen LogP contribution < -0.4 is 0 Å². The van der Waals surface area contributed by atoms with Crippen molar-refractivity contribution in [3.8, 4) is 6.07 Å². The first-order valence-electron chi connectivity index (χ1n) is 3.98. The van der Waals surface area contributed by atoms with Crippen molar-refractivity contribution in [2.24, 2.45) is 16.7 Å². The molecule has 1 rings (SSSR count). The lowest BCUT2D eigenvalue weighted by molar-refractivity contribution is 0.270. The van der Waals surface area contributed by atoms with Crippen molar-refractivity contribution in [3.63, 3.8) is 0 Å². The second-order valence-corrected chi connectivity index (χ2v) is 4.42. The molecule has 1 saturated carbocycles. The maximum Gasteiger partial charge on any atom is 0.0894 e. The highest BCUT2D eigenvalue weighted by Gasteiger charge is 2.63. The number of hydrogen-bond donors (Lipinski definition) is 0. The Labute approximate surface area is 68.7 Å². The number of hydrogen-bond acceptors (Lipinski definition) is 1. The van der Waals surface area contributed by atoms with Crippen molar-refractivity contribution in [1.82, 2.24) is 0 Å². The zero-order valence-electron chi connectivity index (χ0n) is 7.73. The molecule has 60 valence electrons. The van der Waals surface area contributed by atoms with Crippen molar-refractivity contribution < 1.29 is 0 Å². The molecule has 0 N–H and O–H groups in total. The number of allylic oxidation sites excluding steroid dienone is 1. The summed E-state index contributed by atoms with van der Waals surface area (Å²) in [5, 5.41) is 9.02. The summed E-state index contributed by atoms with van der Waals surface area (Å²) in [4.78, 5) is 0. The van der Waals surface area contributed by atoms with E-state index in [2.05, 4.69) is 40.3 Å². The molecule has 1 fully saturated rings. The van der Waals surface area contributed by atoms with E-state index in [9.17, 15) is 0 Å². The molecule has 0 aliphatic heterocycles. The topological polar surface area (TPSA) is 23.8 Å². The third-order valence-corrected chi connectivity index (χ3v) is 2.95. The van der Waals surface area contributed by atoms with E-state index >= 15 is 0 Å². The van der Waals surface area contributed by atoms with Crippen molar-refractivity contribution >= 4 is 0 Å². The fourth-order valence-corrected chi connectivity index (χ4v) is 2.02. The molecule has 2 atom stereocenters. The largest absolute Gasteiger partial charge is 0.197 e. The Morgan fingerprint density at radius 2 is 1.91 bits per heavy atom. The fraction of sp³-hybridized carbons (Fsp3) is 0.700. The summed E-state index contributed by atoms with van der Waals surface area (Å²) in [6, 6.07) is 2.39. The van der Waals surface area contributed by atoms with Crippen LogP contribution in [0.25, 0.3) is 0 Å². The second kappa shape index (κ2) is 1.88. The quantitative estimate of drug-likeness (QED) is 0.486. The van der Waals surface area contributed by atoms with E-state index in [4.69, 9.17) is 5.26 Å². The summed E-state index contributed by atoms with van der Waals surface area (Å²) < 4.78 is 0. The molecule has 0 heterocycles. The molecule has 0 unspecified atom stereocenters.